The van der Waals surface area contributed by atoms with Gasteiger partial charge in [0.15, 0.2) is 0 Å². The van der Waals surface area contributed by atoms with Crippen LogP contribution in [0.2, 0.25) is 5.02 Å². The van der Waals surface area contributed by atoms with E-state index in [-0.39, 0.29) is 6.04 Å². The van der Waals surface area contributed by atoms with Crippen molar-refractivity contribution >= 4 is 45.5 Å². The third kappa shape index (κ3) is 3.30. The van der Waals surface area contributed by atoms with Crippen LogP contribution in [0.15, 0.2) is 11.4 Å². The zero-order chi connectivity index (χ0) is 14.0. The molecular weight excluding hydrogens is 395 g/mol. The quantitative estimate of drug-likeness (QED) is 0.452. The summed E-state index contributed by atoms with van der Waals surface area (Å²) in [6, 6.07) is 2.20. The van der Waals surface area contributed by atoms with Crippen molar-refractivity contribution < 1.29 is 0 Å². The van der Waals surface area contributed by atoms with Crippen LogP contribution in [0.1, 0.15) is 29.9 Å². The molecule has 3 N–H and O–H groups in total. The number of hydrogen-bond acceptors (Lipinski definition) is 4. The Balaban J connectivity index is 2.28. The zero-order valence-corrected chi connectivity index (χ0v) is 14.5. The van der Waals surface area contributed by atoms with Crippen LogP contribution in [0.4, 0.5) is 0 Å². The molecule has 4 nitrogen and oxygen atoms in total. The molecule has 0 bridgehead atoms. The third-order valence-corrected chi connectivity index (χ3v) is 5.34. The highest BCUT2D eigenvalue weighted by molar-refractivity contribution is 14.1. The second kappa shape index (κ2) is 6.53. The molecule has 2 heterocycles. The Morgan fingerprint density at radius 1 is 1.63 bits per heavy atom. The van der Waals surface area contributed by atoms with Gasteiger partial charge in [-0.3, -0.25) is 16.0 Å². The van der Waals surface area contributed by atoms with Gasteiger partial charge in [-0.25, -0.2) is 0 Å². The maximum atomic E-state index is 6.34. The molecule has 104 valence electrons. The van der Waals surface area contributed by atoms with Crippen LogP contribution in [0.3, 0.4) is 0 Å². The lowest BCUT2D eigenvalue weighted by Crippen LogP contribution is -2.30. The fourth-order valence-corrected chi connectivity index (χ4v) is 3.68. The molecule has 0 amide bonds. The Morgan fingerprint density at radius 2 is 2.37 bits per heavy atom. The number of nitrogens with two attached hydrogens (primary N) is 1. The van der Waals surface area contributed by atoms with Crippen molar-refractivity contribution in [3.05, 3.63) is 36.3 Å². The lowest BCUT2D eigenvalue weighted by Gasteiger charge is -2.15. The SMILES string of the molecule is CCn1nc(C)c(Cl)c1CC(NN)c1csc(I)c1. The summed E-state index contributed by atoms with van der Waals surface area (Å²) in [6.45, 7) is 4.79. The number of thiophene rings is 1. The largest absolute Gasteiger partial charge is 0.271 e. The van der Waals surface area contributed by atoms with Gasteiger partial charge in [-0.15, -0.1) is 11.3 Å². The number of nitrogens with one attached hydrogen (secondary N) is 1. The topological polar surface area (TPSA) is 55.9 Å². The molecule has 0 aliphatic carbocycles. The molecule has 0 aliphatic rings. The van der Waals surface area contributed by atoms with Crippen molar-refractivity contribution in [2.24, 2.45) is 5.84 Å². The van der Waals surface area contributed by atoms with Crippen molar-refractivity contribution in [3.63, 3.8) is 0 Å². The first-order valence-corrected chi connectivity index (χ1v) is 8.32. The van der Waals surface area contributed by atoms with E-state index in [1.54, 1.807) is 11.3 Å². The minimum Gasteiger partial charge on any atom is -0.271 e. The molecule has 0 saturated heterocycles. The Labute approximate surface area is 135 Å². The number of aromatic nitrogens is 2. The number of hydrogen-bond donors (Lipinski definition) is 2. The number of aryl methyl sites for hydroxylation is 2. The summed E-state index contributed by atoms with van der Waals surface area (Å²) in [5.41, 5.74) is 5.96. The van der Waals surface area contributed by atoms with Gasteiger partial charge in [0.05, 0.1) is 25.3 Å². The normalized spacial score (nSPS) is 12.9. The van der Waals surface area contributed by atoms with Gasteiger partial charge >= 0.3 is 0 Å². The van der Waals surface area contributed by atoms with E-state index in [4.69, 9.17) is 17.4 Å². The second-order valence-electron chi connectivity index (χ2n) is 4.27. The van der Waals surface area contributed by atoms with Gasteiger partial charge in [-0.05, 0) is 53.4 Å². The molecule has 7 heteroatoms. The molecule has 1 atom stereocenters. The lowest BCUT2D eigenvalue weighted by molar-refractivity contribution is 0.518. The van der Waals surface area contributed by atoms with E-state index in [9.17, 15) is 0 Å². The van der Waals surface area contributed by atoms with Gasteiger partial charge in [0, 0.05) is 13.0 Å². The van der Waals surface area contributed by atoms with Crippen molar-refractivity contribution in [1.82, 2.24) is 15.2 Å². The first-order valence-electron chi connectivity index (χ1n) is 5.98. The first-order chi connectivity index (χ1) is 9.06. The van der Waals surface area contributed by atoms with Gasteiger partial charge < -0.3 is 0 Å². The van der Waals surface area contributed by atoms with E-state index in [1.807, 2.05) is 11.6 Å². The highest BCUT2D eigenvalue weighted by Crippen LogP contribution is 2.28. The number of hydrazine groups is 1. The summed E-state index contributed by atoms with van der Waals surface area (Å²) in [4.78, 5) is 0. The molecule has 2 aromatic heterocycles. The van der Waals surface area contributed by atoms with E-state index in [2.05, 4.69) is 51.5 Å². The third-order valence-electron chi connectivity index (χ3n) is 3.04. The average molecular weight is 411 g/mol. The van der Waals surface area contributed by atoms with Gasteiger partial charge in [-0.1, -0.05) is 11.6 Å². The summed E-state index contributed by atoms with van der Waals surface area (Å²) >= 11 is 10.4. The van der Waals surface area contributed by atoms with Crippen molar-refractivity contribution in [2.75, 3.05) is 0 Å². The Kier molecular flexibility index (Phi) is 5.24. The van der Waals surface area contributed by atoms with E-state index in [1.165, 1.54) is 8.45 Å². The molecule has 0 spiro atoms. The van der Waals surface area contributed by atoms with Crippen LogP contribution >= 0.6 is 45.5 Å². The number of rotatable bonds is 5. The van der Waals surface area contributed by atoms with Crippen molar-refractivity contribution in [1.29, 1.82) is 0 Å². The standard InChI is InChI=1S/C12H16ClIN4S/c1-3-18-10(12(13)7(2)17-18)5-9(16-15)8-4-11(14)19-6-8/h4,6,9,16H,3,5,15H2,1-2H3. The van der Waals surface area contributed by atoms with E-state index >= 15 is 0 Å². The molecule has 0 saturated carbocycles. The summed E-state index contributed by atoms with van der Waals surface area (Å²) in [5.74, 6) is 5.69. The van der Waals surface area contributed by atoms with E-state index < -0.39 is 0 Å². The van der Waals surface area contributed by atoms with Crippen LogP contribution in [0, 0.1) is 9.81 Å². The lowest BCUT2D eigenvalue weighted by atomic mass is 10.1. The van der Waals surface area contributed by atoms with Gasteiger partial charge in [0.25, 0.3) is 0 Å². The van der Waals surface area contributed by atoms with Gasteiger partial charge in [0.1, 0.15) is 0 Å². The summed E-state index contributed by atoms with van der Waals surface area (Å²) in [6.07, 6.45) is 0.733. The molecule has 0 aliphatic heterocycles. The molecule has 1 unspecified atom stereocenters. The van der Waals surface area contributed by atoms with E-state index in [0.29, 0.717) is 0 Å². The van der Waals surface area contributed by atoms with Crippen molar-refractivity contribution in [3.8, 4) is 0 Å². The molecule has 19 heavy (non-hydrogen) atoms. The highest BCUT2D eigenvalue weighted by atomic mass is 127. The number of halogens is 2. The predicted molar refractivity (Wildman–Crippen MR) is 88.5 cm³/mol. The predicted octanol–water partition coefficient (Wildman–Crippen LogP) is 3.28. The Morgan fingerprint density at radius 3 is 2.89 bits per heavy atom. The number of nitrogens with zero attached hydrogens (tertiary/aromatic N) is 2. The fraction of sp³-hybridized carbons (Fsp3) is 0.417. The van der Waals surface area contributed by atoms with Gasteiger partial charge in [-0.2, -0.15) is 5.10 Å². The van der Waals surface area contributed by atoms with Crippen LogP contribution < -0.4 is 11.3 Å². The second-order valence-corrected chi connectivity index (χ2v) is 7.45. The molecule has 0 aromatic carbocycles. The zero-order valence-electron chi connectivity index (χ0n) is 10.8. The molecule has 2 rings (SSSR count). The van der Waals surface area contributed by atoms with Crippen LogP contribution in [-0.2, 0) is 13.0 Å². The minimum atomic E-state index is 0.0543. The van der Waals surface area contributed by atoms with Crippen molar-refractivity contribution in [2.45, 2.75) is 32.9 Å². The summed E-state index contributed by atoms with van der Waals surface area (Å²) in [5, 5.41) is 7.30. The van der Waals surface area contributed by atoms with Crippen LogP contribution in [-0.4, -0.2) is 9.78 Å². The maximum absolute atomic E-state index is 6.34. The van der Waals surface area contributed by atoms with Crippen LogP contribution in [0.25, 0.3) is 0 Å². The Bertz CT molecular complexity index is 566. The first kappa shape index (κ1) is 15.2. The fourth-order valence-electron chi connectivity index (χ4n) is 2.04. The smallest absolute Gasteiger partial charge is 0.0847 e. The summed E-state index contributed by atoms with van der Waals surface area (Å²) in [7, 11) is 0. The highest BCUT2D eigenvalue weighted by Gasteiger charge is 2.19. The summed E-state index contributed by atoms with van der Waals surface area (Å²) < 4.78 is 3.19. The van der Waals surface area contributed by atoms with Crippen LogP contribution in [0.5, 0.6) is 0 Å². The average Bonchev–Trinajstić information content (AvgIpc) is 2.93. The monoisotopic (exact) mass is 410 g/mol. The minimum absolute atomic E-state index is 0.0543. The molecular formula is C12H16ClIN4S. The molecule has 0 fully saturated rings. The Hall–Kier alpha value is -0.150. The molecule has 0 radical (unpaired) electrons. The van der Waals surface area contributed by atoms with Gasteiger partial charge in [0.2, 0.25) is 0 Å². The van der Waals surface area contributed by atoms with E-state index in [0.717, 1.165) is 29.4 Å². The molecule has 2 aromatic rings. The maximum Gasteiger partial charge on any atom is 0.0847 e.